The van der Waals surface area contributed by atoms with Gasteiger partial charge in [0.2, 0.25) is 0 Å². The zero-order valence-corrected chi connectivity index (χ0v) is 16.0. The summed E-state index contributed by atoms with van der Waals surface area (Å²) in [5.74, 6) is 0.422. The van der Waals surface area contributed by atoms with E-state index in [1.807, 2.05) is 41.8 Å². The summed E-state index contributed by atoms with van der Waals surface area (Å²) in [6.45, 7) is 6.61. The molecule has 2 aromatic rings. The van der Waals surface area contributed by atoms with Crippen molar-refractivity contribution < 1.29 is 9.90 Å². The largest absolute Gasteiger partial charge is 0.480 e. The molecular weight excluding hydrogens is 342 g/mol. The van der Waals surface area contributed by atoms with Gasteiger partial charge in [-0.1, -0.05) is 18.2 Å². The summed E-state index contributed by atoms with van der Waals surface area (Å²) < 4.78 is 2.02. The van der Waals surface area contributed by atoms with Gasteiger partial charge in [-0.15, -0.1) is 0 Å². The molecule has 144 valence electrons. The van der Waals surface area contributed by atoms with E-state index in [0.29, 0.717) is 12.5 Å². The molecule has 2 fully saturated rings. The fraction of sp³-hybridized carbons (Fsp3) is 0.500. The molecular formula is C20H27N5O2. The molecule has 27 heavy (non-hydrogen) atoms. The van der Waals surface area contributed by atoms with E-state index in [1.54, 1.807) is 0 Å². The molecule has 2 saturated heterocycles. The molecule has 0 spiro atoms. The summed E-state index contributed by atoms with van der Waals surface area (Å²) in [4.78, 5) is 18.2. The first kappa shape index (κ1) is 18.0. The molecule has 2 aliphatic rings. The molecule has 3 heterocycles. The van der Waals surface area contributed by atoms with Gasteiger partial charge in [0, 0.05) is 44.8 Å². The third-order valence-electron chi connectivity index (χ3n) is 5.78. The Morgan fingerprint density at radius 1 is 1.15 bits per heavy atom. The third kappa shape index (κ3) is 3.57. The number of carbonyl (C=O) groups is 1. The van der Waals surface area contributed by atoms with Crippen molar-refractivity contribution in [2.75, 3.05) is 44.7 Å². The summed E-state index contributed by atoms with van der Waals surface area (Å²) in [6, 6.07) is 12.4. The molecule has 0 saturated carbocycles. The zero-order valence-electron chi connectivity index (χ0n) is 16.0. The number of likely N-dealkylation sites (N-methyl/N-ethyl adjacent to an activating group) is 1. The second kappa shape index (κ2) is 7.32. The lowest BCUT2D eigenvalue weighted by atomic mass is 10.1. The molecule has 0 amide bonds. The highest BCUT2D eigenvalue weighted by atomic mass is 16.4. The first-order chi connectivity index (χ1) is 13.0. The number of carboxylic acid groups (broad SMARTS) is 1. The van der Waals surface area contributed by atoms with Crippen molar-refractivity contribution in [2.24, 2.45) is 0 Å². The first-order valence-corrected chi connectivity index (χ1v) is 9.57. The molecule has 4 rings (SSSR count). The van der Waals surface area contributed by atoms with Gasteiger partial charge in [0.05, 0.1) is 11.4 Å². The second-order valence-electron chi connectivity index (χ2n) is 7.60. The fourth-order valence-electron chi connectivity index (χ4n) is 4.31. The SMILES string of the molecule is Cc1cc(N2CCN([C@H]3C[C@@H](C(=O)O)N(C)C3)CC2)n(-c2ccccc2)n1. The number of carboxylic acids is 1. The van der Waals surface area contributed by atoms with E-state index in [4.69, 9.17) is 0 Å². The van der Waals surface area contributed by atoms with Crippen LogP contribution in [-0.4, -0.2) is 82.5 Å². The lowest BCUT2D eigenvalue weighted by Crippen LogP contribution is -2.51. The number of benzene rings is 1. The van der Waals surface area contributed by atoms with Crippen molar-refractivity contribution in [2.45, 2.75) is 25.4 Å². The Labute approximate surface area is 159 Å². The number of aromatic nitrogens is 2. The monoisotopic (exact) mass is 369 g/mol. The minimum Gasteiger partial charge on any atom is -0.480 e. The Bertz CT molecular complexity index is 798. The number of hydrogen-bond donors (Lipinski definition) is 1. The maximum absolute atomic E-state index is 11.4. The van der Waals surface area contributed by atoms with E-state index in [2.05, 4.69) is 33.1 Å². The van der Waals surface area contributed by atoms with Crippen molar-refractivity contribution in [3.63, 3.8) is 0 Å². The molecule has 7 heteroatoms. The third-order valence-corrected chi connectivity index (χ3v) is 5.78. The Balaban J connectivity index is 1.44. The zero-order chi connectivity index (χ0) is 19.0. The Hall–Kier alpha value is -2.38. The summed E-state index contributed by atoms with van der Waals surface area (Å²) >= 11 is 0. The van der Waals surface area contributed by atoms with Crippen LogP contribution in [0, 0.1) is 6.92 Å². The Morgan fingerprint density at radius 2 is 1.85 bits per heavy atom. The summed E-state index contributed by atoms with van der Waals surface area (Å²) in [6.07, 6.45) is 0.715. The highest BCUT2D eigenvalue weighted by Crippen LogP contribution is 2.25. The van der Waals surface area contributed by atoms with E-state index in [0.717, 1.165) is 49.9 Å². The van der Waals surface area contributed by atoms with Gasteiger partial charge in [0.25, 0.3) is 0 Å². The molecule has 1 aromatic carbocycles. The van der Waals surface area contributed by atoms with Gasteiger partial charge in [-0.05, 0) is 32.5 Å². The highest BCUT2D eigenvalue weighted by molar-refractivity contribution is 5.74. The van der Waals surface area contributed by atoms with Gasteiger partial charge >= 0.3 is 5.97 Å². The minimum absolute atomic E-state index is 0.332. The van der Waals surface area contributed by atoms with Crippen LogP contribution in [0.5, 0.6) is 0 Å². The lowest BCUT2D eigenvalue weighted by molar-refractivity contribution is -0.141. The minimum atomic E-state index is -0.708. The average Bonchev–Trinajstić information content (AvgIpc) is 3.26. The quantitative estimate of drug-likeness (QED) is 0.880. The molecule has 0 aliphatic carbocycles. The maximum atomic E-state index is 11.4. The molecule has 2 aliphatic heterocycles. The molecule has 0 bridgehead atoms. The Kier molecular flexibility index (Phi) is 4.88. The topological polar surface area (TPSA) is 64.8 Å². The van der Waals surface area contributed by atoms with Crippen LogP contribution in [0.1, 0.15) is 12.1 Å². The van der Waals surface area contributed by atoms with Gasteiger partial charge in [0.15, 0.2) is 0 Å². The predicted molar refractivity (Wildman–Crippen MR) is 105 cm³/mol. The van der Waals surface area contributed by atoms with Gasteiger partial charge in [-0.2, -0.15) is 5.10 Å². The van der Waals surface area contributed by atoms with Crippen molar-refractivity contribution in [3.05, 3.63) is 42.1 Å². The molecule has 7 nitrogen and oxygen atoms in total. The van der Waals surface area contributed by atoms with Crippen LogP contribution in [0.25, 0.3) is 5.69 Å². The summed E-state index contributed by atoms with van der Waals surface area (Å²) in [5.41, 5.74) is 2.09. The lowest BCUT2D eigenvalue weighted by Gasteiger charge is -2.38. The number of hydrogen-bond acceptors (Lipinski definition) is 5. The van der Waals surface area contributed by atoms with Crippen LogP contribution < -0.4 is 4.90 Å². The molecule has 2 atom stereocenters. The molecule has 0 radical (unpaired) electrons. The molecule has 0 unspecified atom stereocenters. The number of para-hydroxylation sites is 1. The van der Waals surface area contributed by atoms with E-state index in [9.17, 15) is 9.90 Å². The number of aliphatic carboxylic acids is 1. The normalized spacial score (nSPS) is 24.4. The van der Waals surface area contributed by atoms with Crippen molar-refractivity contribution in [1.29, 1.82) is 0 Å². The van der Waals surface area contributed by atoms with Crippen LogP contribution in [0.15, 0.2) is 36.4 Å². The van der Waals surface area contributed by atoms with E-state index < -0.39 is 5.97 Å². The van der Waals surface area contributed by atoms with Gasteiger partial charge < -0.3 is 10.0 Å². The number of aryl methyl sites for hydroxylation is 1. The van der Waals surface area contributed by atoms with Gasteiger partial charge in [-0.3, -0.25) is 14.6 Å². The highest BCUT2D eigenvalue weighted by Gasteiger charge is 2.38. The molecule has 1 aromatic heterocycles. The number of piperazine rings is 1. The maximum Gasteiger partial charge on any atom is 0.320 e. The fourth-order valence-corrected chi connectivity index (χ4v) is 4.31. The van der Waals surface area contributed by atoms with Crippen LogP contribution in [0.4, 0.5) is 5.82 Å². The van der Waals surface area contributed by atoms with Crippen molar-refractivity contribution >= 4 is 11.8 Å². The van der Waals surface area contributed by atoms with E-state index in [1.165, 1.54) is 0 Å². The van der Waals surface area contributed by atoms with Crippen LogP contribution in [-0.2, 0) is 4.79 Å². The van der Waals surface area contributed by atoms with Crippen LogP contribution >= 0.6 is 0 Å². The number of likely N-dealkylation sites (tertiary alicyclic amines) is 1. The Morgan fingerprint density at radius 3 is 2.48 bits per heavy atom. The smallest absolute Gasteiger partial charge is 0.320 e. The summed E-state index contributed by atoms with van der Waals surface area (Å²) in [7, 11) is 1.91. The predicted octanol–water partition coefficient (Wildman–Crippen LogP) is 1.46. The summed E-state index contributed by atoms with van der Waals surface area (Å²) in [5, 5.41) is 14.0. The van der Waals surface area contributed by atoms with E-state index >= 15 is 0 Å². The average molecular weight is 369 g/mol. The van der Waals surface area contributed by atoms with Crippen LogP contribution in [0.2, 0.25) is 0 Å². The number of nitrogens with zero attached hydrogens (tertiary/aromatic N) is 5. The van der Waals surface area contributed by atoms with Crippen molar-refractivity contribution in [1.82, 2.24) is 19.6 Å². The number of rotatable bonds is 4. The van der Waals surface area contributed by atoms with Gasteiger partial charge in [-0.25, -0.2) is 4.68 Å². The van der Waals surface area contributed by atoms with Crippen LogP contribution in [0.3, 0.4) is 0 Å². The molecule has 1 N–H and O–H groups in total. The van der Waals surface area contributed by atoms with Crippen molar-refractivity contribution in [3.8, 4) is 5.69 Å². The van der Waals surface area contributed by atoms with E-state index in [-0.39, 0.29) is 6.04 Å². The second-order valence-corrected chi connectivity index (χ2v) is 7.60. The standard InChI is InChI=1S/C20H27N5O2/c1-15-12-19(25(21-15)16-6-4-3-5-7-16)24-10-8-23(9-11-24)17-13-18(20(26)27)22(2)14-17/h3-7,12,17-18H,8-11,13-14H2,1-2H3,(H,26,27)/t17-,18-/m0/s1. The number of anilines is 1. The first-order valence-electron chi connectivity index (χ1n) is 9.57. The van der Waals surface area contributed by atoms with Gasteiger partial charge in [0.1, 0.15) is 11.9 Å².